The zero-order valence-electron chi connectivity index (χ0n) is 10.9. The minimum absolute atomic E-state index is 0.405. The maximum atomic E-state index is 4.43. The van der Waals surface area contributed by atoms with Gasteiger partial charge >= 0.3 is 0 Å². The molecule has 1 rings (SSSR count). The summed E-state index contributed by atoms with van der Waals surface area (Å²) < 4.78 is 0. The highest BCUT2D eigenvalue weighted by molar-refractivity contribution is 7.07. The molecule has 0 amide bonds. The summed E-state index contributed by atoms with van der Waals surface area (Å²) in [5.74, 6) is 0. The first-order valence-electron chi connectivity index (χ1n) is 6.14. The normalized spacial score (nSPS) is 14.0. The zero-order chi connectivity index (χ0) is 12.0. The van der Waals surface area contributed by atoms with Gasteiger partial charge in [0.05, 0.1) is 17.2 Å². The number of hydrogen-bond acceptors (Lipinski definition) is 3. The Labute approximate surface area is 103 Å². The van der Waals surface area contributed by atoms with Crippen molar-refractivity contribution in [1.82, 2.24) is 10.3 Å². The molecule has 1 heterocycles. The summed E-state index contributed by atoms with van der Waals surface area (Å²) in [6, 6.07) is 0.436. The van der Waals surface area contributed by atoms with Gasteiger partial charge in [0, 0.05) is 5.38 Å². The Morgan fingerprint density at radius 3 is 2.69 bits per heavy atom. The fourth-order valence-corrected chi connectivity index (χ4v) is 2.25. The summed E-state index contributed by atoms with van der Waals surface area (Å²) in [5, 5.41) is 5.75. The third-order valence-corrected chi connectivity index (χ3v) is 3.24. The number of rotatable bonds is 6. The summed E-state index contributed by atoms with van der Waals surface area (Å²) in [4.78, 5) is 4.43. The van der Waals surface area contributed by atoms with Crippen LogP contribution in [0.4, 0.5) is 0 Å². The molecule has 16 heavy (non-hydrogen) atoms. The highest BCUT2D eigenvalue weighted by atomic mass is 32.1. The molecule has 0 aromatic carbocycles. The van der Waals surface area contributed by atoms with Crippen molar-refractivity contribution >= 4 is 11.3 Å². The Bertz CT molecular complexity index is 275. The smallest absolute Gasteiger partial charge is 0.0795 e. The van der Waals surface area contributed by atoms with Gasteiger partial charge < -0.3 is 5.32 Å². The lowest BCUT2D eigenvalue weighted by atomic mass is 9.88. The molecule has 92 valence electrons. The first-order valence-corrected chi connectivity index (χ1v) is 7.08. The molecule has 3 heteroatoms. The van der Waals surface area contributed by atoms with Gasteiger partial charge in [-0.25, -0.2) is 4.98 Å². The predicted octanol–water partition coefficient (Wildman–Crippen LogP) is 4.01. The Hall–Kier alpha value is -0.410. The number of hydrogen-bond donors (Lipinski definition) is 1. The molecule has 1 atom stereocenters. The van der Waals surface area contributed by atoms with E-state index in [-0.39, 0.29) is 0 Å². The summed E-state index contributed by atoms with van der Waals surface area (Å²) in [6.07, 6.45) is 3.58. The lowest BCUT2D eigenvalue weighted by Gasteiger charge is -2.23. The summed E-state index contributed by atoms with van der Waals surface area (Å²) in [7, 11) is 0. The molecule has 1 aromatic rings. The van der Waals surface area contributed by atoms with Gasteiger partial charge in [0.2, 0.25) is 0 Å². The summed E-state index contributed by atoms with van der Waals surface area (Å²) in [6.45, 7) is 10.2. The van der Waals surface area contributed by atoms with Crippen molar-refractivity contribution < 1.29 is 0 Å². The second-order valence-electron chi connectivity index (χ2n) is 5.52. The van der Waals surface area contributed by atoms with E-state index in [1.165, 1.54) is 25.0 Å². The number of aromatic nitrogens is 1. The van der Waals surface area contributed by atoms with Gasteiger partial charge in [0.25, 0.3) is 0 Å². The van der Waals surface area contributed by atoms with Crippen LogP contribution in [0.3, 0.4) is 0 Å². The van der Waals surface area contributed by atoms with E-state index in [1.54, 1.807) is 11.3 Å². The molecule has 0 bridgehead atoms. The average molecular weight is 240 g/mol. The largest absolute Gasteiger partial charge is 0.309 e. The molecule has 0 saturated carbocycles. The van der Waals surface area contributed by atoms with E-state index in [9.17, 15) is 0 Å². The van der Waals surface area contributed by atoms with Crippen molar-refractivity contribution in [2.75, 3.05) is 6.54 Å². The summed E-state index contributed by atoms with van der Waals surface area (Å²) in [5.41, 5.74) is 3.54. The highest BCUT2D eigenvalue weighted by Gasteiger charge is 2.17. The minimum atomic E-state index is 0.405. The van der Waals surface area contributed by atoms with Crippen molar-refractivity contribution in [3.8, 4) is 0 Å². The van der Waals surface area contributed by atoms with E-state index in [0.717, 1.165) is 6.54 Å². The van der Waals surface area contributed by atoms with Crippen LogP contribution in [0.25, 0.3) is 0 Å². The van der Waals surface area contributed by atoms with Crippen molar-refractivity contribution in [2.24, 2.45) is 5.41 Å². The predicted molar refractivity (Wildman–Crippen MR) is 71.8 cm³/mol. The monoisotopic (exact) mass is 240 g/mol. The fourth-order valence-electron chi connectivity index (χ4n) is 1.64. The molecule has 0 saturated heterocycles. The SMILES string of the molecule is CCCNC(CCC(C)(C)C)c1cscn1. The van der Waals surface area contributed by atoms with Crippen LogP contribution in [-0.2, 0) is 0 Å². The second-order valence-corrected chi connectivity index (χ2v) is 6.24. The van der Waals surface area contributed by atoms with Crippen LogP contribution in [0, 0.1) is 5.41 Å². The molecule has 0 fully saturated rings. The van der Waals surface area contributed by atoms with E-state index in [4.69, 9.17) is 0 Å². The Kier molecular flexibility index (Phi) is 5.42. The third-order valence-electron chi connectivity index (χ3n) is 2.63. The Balaban J connectivity index is 2.51. The average Bonchev–Trinajstić information content (AvgIpc) is 2.69. The third kappa shape index (κ3) is 5.08. The van der Waals surface area contributed by atoms with Crippen LogP contribution in [0.15, 0.2) is 10.9 Å². The molecule has 1 unspecified atom stereocenters. The van der Waals surface area contributed by atoms with Gasteiger partial charge in [-0.15, -0.1) is 11.3 Å². The fraction of sp³-hybridized carbons (Fsp3) is 0.769. The van der Waals surface area contributed by atoms with Gasteiger partial charge in [-0.2, -0.15) is 0 Å². The van der Waals surface area contributed by atoms with Crippen molar-refractivity contribution in [3.63, 3.8) is 0 Å². The first kappa shape index (κ1) is 13.7. The van der Waals surface area contributed by atoms with Crippen molar-refractivity contribution in [1.29, 1.82) is 0 Å². The second kappa shape index (κ2) is 6.36. The van der Waals surface area contributed by atoms with Crippen LogP contribution in [-0.4, -0.2) is 11.5 Å². The van der Waals surface area contributed by atoms with Gasteiger partial charge in [-0.05, 0) is 31.2 Å². The molecule has 1 N–H and O–H groups in total. The molecular weight excluding hydrogens is 216 g/mol. The van der Waals surface area contributed by atoms with Crippen molar-refractivity contribution in [2.45, 2.75) is 53.0 Å². The van der Waals surface area contributed by atoms with Crippen LogP contribution >= 0.6 is 11.3 Å². The van der Waals surface area contributed by atoms with Gasteiger partial charge in [0.1, 0.15) is 0 Å². The van der Waals surface area contributed by atoms with Crippen LogP contribution in [0.5, 0.6) is 0 Å². The lowest BCUT2D eigenvalue weighted by molar-refractivity contribution is 0.330. The van der Waals surface area contributed by atoms with E-state index in [0.29, 0.717) is 11.5 Å². The highest BCUT2D eigenvalue weighted by Crippen LogP contribution is 2.27. The maximum Gasteiger partial charge on any atom is 0.0795 e. The van der Waals surface area contributed by atoms with Gasteiger partial charge in [-0.3, -0.25) is 0 Å². The van der Waals surface area contributed by atoms with E-state index in [2.05, 4.69) is 43.4 Å². The van der Waals surface area contributed by atoms with E-state index in [1.807, 2.05) is 5.51 Å². The molecule has 1 aromatic heterocycles. The van der Waals surface area contributed by atoms with Crippen molar-refractivity contribution in [3.05, 3.63) is 16.6 Å². The Morgan fingerprint density at radius 2 is 2.19 bits per heavy atom. The summed E-state index contributed by atoms with van der Waals surface area (Å²) >= 11 is 1.68. The molecule has 0 aliphatic carbocycles. The van der Waals surface area contributed by atoms with Gasteiger partial charge in [-0.1, -0.05) is 27.7 Å². The zero-order valence-corrected chi connectivity index (χ0v) is 11.7. The van der Waals surface area contributed by atoms with E-state index >= 15 is 0 Å². The molecule has 0 spiro atoms. The van der Waals surface area contributed by atoms with Crippen LogP contribution in [0.2, 0.25) is 0 Å². The number of thiazole rings is 1. The number of nitrogens with zero attached hydrogens (tertiary/aromatic N) is 1. The molecule has 2 nitrogen and oxygen atoms in total. The topological polar surface area (TPSA) is 24.9 Å². The molecule has 0 aliphatic heterocycles. The first-order chi connectivity index (χ1) is 7.53. The van der Waals surface area contributed by atoms with Crippen LogP contribution in [0.1, 0.15) is 58.7 Å². The molecular formula is C13H24N2S. The van der Waals surface area contributed by atoms with Gasteiger partial charge in [0.15, 0.2) is 0 Å². The maximum absolute atomic E-state index is 4.43. The minimum Gasteiger partial charge on any atom is -0.309 e. The van der Waals surface area contributed by atoms with E-state index < -0.39 is 0 Å². The lowest BCUT2D eigenvalue weighted by Crippen LogP contribution is -2.23. The van der Waals surface area contributed by atoms with Crippen LogP contribution < -0.4 is 5.32 Å². The quantitative estimate of drug-likeness (QED) is 0.812. The number of nitrogens with one attached hydrogen (secondary N) is 1. The Morgan fingerprint density at radius 1 is 1.44 bits per heavy atom. The molecule has 0 radical (unpaired) electrons. The molecule has 0 aliphatic rings. The standard InChI is InChI=1S/C13H24N2S/c1-5-8-14-11(6-7-13(2,3)4)12-9-16-10-15-12/h9-11,14H,5-8H2,1-4H3.